The number of phosphoric ester groups is 1. The van der Waals surface area contributed by atoms with E-state index in [9.17, 15) is 24.5 Å². The monoisotopic (exact) mass is 583 g/mol. The van der Waals surface area contributed by atoms with Crippen molar-refractivity contribution in [1.82, 2.24) is 0 Å². The molecular weight excluding hydrogens is 533 g/mol. The molecule has 0 radical (unpaired) electrons. The molecule has 0 rings (SSSR count). The van der Waals surface area contributed by atoms with Gasteiger partial charge in [0, 0.05) is 6.08 Å². The predicted molar refractivity (Wildman–Crippen MR) is 158 cm³/mol. The number of ether oxygens (including phenoxy) is 1. The highest BCUT2D eigenvalue weighted by molar-refractivity contribution is 7.45. The van der Waals surface area contributed by atoms with Gasteiger partial charge in [-0.2, -0.15) is 0 Å². The minimum atomic E-state index is -4.54. The lowest BCUT2D eigenvalue weighted by Gasteiger charge is -2.27. The maximum absolute atomic E-state index is 11.7. The first-order chi connectivity index (χ1) is 18.9. The topological polar surface area (TPSA) is 125 Å². The SMILES string of the molecule is CCCCCC(O)CCC/C=C/C=C/C=C/C=C/C=C/C=C/C(=O)OC[C@H](O)COP(=O)([O-])OCC[N+](C)(C)C. The van der Waals surface area contributed by atoms with Gasteiger partial charge in [0.15, 0.2) is 0 Å². The second-order valence-corrected chi connectivity index (χ2v) is 11.7. The Kier molecular flexibility index (Phi) is 22.4. The standard InChI is InChI=1S/C30H50NO8P/c1-5-6-18-21-28(32)22-19-16-14-12-10-8-7-9-11-13-15-17-20-23-30(34)37-26-29(33)27-39-40(35,36)38-25-24-31(2,3)4/h7-15,17,20,23,28-29,32-33H,5-6,16,18-19,21-22,24-27H2,1-4H3/b9-7+,10-8+,13-11+,14-12+,17-15+,23-20+/t28?,29-/m0/s1. The highest BCUT2D eigenvalue weighted by atomic mass is 31.2. The van der Waals surface area contributed by atoms with Crippen LogP contribution >= 0.6 is 7.82 Å². The number of carbonyl (C=O) groups excluding carboxylic acids is 1. The molecule has 9 nitrogen and oxygen atoms in total. The summed E-state index contributed by atoms with van der Waals surface area (Å²) in [6, 6.07) is 0. The molecule has 0 aromatic rings. The molecule has 0 aromatic heterocycles. The first-order valence-electron chi connectivity index (χ1n) is 13.9. The summed E-state index contributed by atoms with van der Waals surface area (Å²) in [7, 11) is 1.14. The number of allylic oxidation sites excluding steroid dienone is 11. The lowest BCUT2D eigenvalue weighted by molar-refractivity contribution is -0.870. The van der Waals surface area contributed by atoms with E-state index in [0.29, 0.717) is 11.0 Å². The molecule has 0 aromatic carbocycles. The van der Waals surface area contributed by atoms with Gasteiger partial charge in [-0.25, -0.2) is 4.79 Å². The Morgan fingerprint density at radius 2 is 1.40 bits per heavy atom. The maximum Gasteiger partial charge on any atom is 0.330 e. The molecule has 10 heteroatoms. The van der Waals surface area contributed by atoms with Crippen LogP contribution in [0.4, 0.5) is 0 Å². The van der Waals surface area contributed by atoms with Gasteiger partial charge in [-0.15, -0.1) is 0 Å². The molecule has 0 aliphatic carbocycles. The number of aliphatic hydroxyl groups excluding tert-OH is 2. The van der Waals surface area contributed by atoms with Crippen molar-refractivity contribution in [1.29, 1.82) is 0 Å². The zero-order chi connectivity index (χ0) is 30.1. The quantitative estimate of drug-likeness (QED) is 0.0448. The second kappa shape index (κ2) is 23.6. The molecular formula is C30H50NO8P. The van der Waals surface area contributed by atoms with Crippen LogP contribution in [0, 0.1) is 0 Å². The van der Waals surface area contributed by atoms with Gasteiger partial charge in [0.1, 0.15) is 25.9 Å². The number of rotatable bonds is 23. The van der Waals surface area contributed by atoms with Gasteiger partial charge in [-0.3, -0.25) is 4.57 Å². The Bertz CT molecular complexity index is 887. The van der Waals surface area contributed by atoms with Crippen molar-refractivity contribution >= 4 is 13.8 Å². The van der Waals surface area contributed by atoms with Crippen LogP contribution in [0.3, 0.4) is 0 Å². The second-order valence-electron chi connectivity index (χ2n) is 10.3. The smallest absolute Gasteiger partial charge is 0.330 e. The molecule has 3 atom stereocenters. The van der Waals surface area contributed by atoms with Gasteiger partial charge in [0.2, 0.25) is 0 Å². The molecule has 0 amide bonds. The minimum absolute atomic E-state index is 0.0409. The fraction of sp³-hybridized carbons (Fsp3) is 0.567. The number of hydrogen-bond donors (Lipinski definition) is 2. The molecule has 0 saturated heterocycles. The summed E-state index contributed by atoms with van der Waals surface area (Å²) in [4.78, 5) is 23.4. The zero-order valence-corrected chi connectivity index (χ0v) is 25.5. The number of esters is 1. The largest absolute Gasteiger partial charge is 0.756 e. The summed E-state index contributed by atoms with van der Waals surface area (Å²) in [6.45, 7) is 1.60. The van der Waals surface area contributed by atoms with Crippen molar-refractivity contribution in [3.05, 3.63) is 72.9 Å². The third-order valence-corrected chi connectivity index (χ3v) is 6.24. The lowest BCUT2D eigenvalue weighted by atomic mass is 10.1. The first kappa shape index (κ1) is 37.9. The summed E-state index contributed by atoms with van der Waals surface area (Å²) in [5, 5.41) is 19.7. The fourth-order valence-corrected chi connectivity index (χ4v) is 3.72. The minimum Gasteiger partial charge on any atom is -0.756 e. The van der Waals surface area contributed by atoms with Crippen LogP contribution in [0.5, 0.6) is 0 Å². The van der Waals surface area contributed by atoms with E-state index in [0.717, 1.165) is 32.1 Å². The van der Waals surface area contributed by atoms with E-state index in [1.807, 2.05) is 57.6 Å². The summed E-state index contributed by atoms with van der Waals surface area (Å²) >= 11 is 0. The van der Waals surface area contributed by atoms with E-state index in [2.05, 4.69) is 17.5 Å². The predicted octanol–water partition coefficient (Wildman–Crippen LogP) is 4.55. The fourth-order valence-electron chi connectivity index (χ4n) is 2.98. The van der Waals surface area contributed by atoms with E-state index >= 15 is 0 Å². The number of quaternary nitrogens is 1. The van der Waals surface area contributed by atoms with Crippen molar-refractivity contribution < 1.29 is 42.7 Å². The Hall–Kier alpha value is -2.10. The van der Waals surface area contributed by atoms with Gasteiger partial charge >= 0.3 is 5.97 Å². The molecule has 2 N–H and O–H groups in total. The first-order valence-corrected chi connectivity index (χ1v) is 15.3. The van der Waals surface area contributed by atoms with E-state index in [1.165, 1.54) is 25.0 Å². The van der Waals surface area contributed by atoms with Gasteiger partial charge in [-0.1, -0.05) is 93.0 Å². The van der Waals surface area contributed by atoms with Gasteiger partial charge in [-0.05, 0) is 25.7 Å². The normalized spacial score (nSPS) is 16.3. The average molecular weight is 584 g/mol. The highest BCUT2D eigenvalue weighted by Gasteiger charge is 2.16. The molecule has 40 heavy (non-hydrogen) atoms. The number of hydrogen-bond acceptors (Lipinski definition) is 8. The number of unbranched alkanes of at least 4 members (excludes halogenated alkanes) is 3. The van der Waals surface area contributed by atoms with Gasteiger partial charge < -0.3 is 33.4 Å². The van der Waals surface area contributed by atoms with Crippen molar-refractivity contribution in [3.8, 4) is 0 Å². The number of likely N-dealkylation sites (N-methyl/N-ethyl adjacent to an activating group) is 1. The highest BCUT2D eigenvalue weighted by Crippen LogP contribution is 2.38. The van der Waals surface area contributed by atoms with Crippen molar-refractivity contribution in [2.75, 3.05) is 47.5 Å². The van der Waals surface area contributed by atoms with Crippen molar-refractivity contribution in [2.24, 2.45) is 0 Å². The summed E-state index contributed by atoms with van der Waals surface area (Å²) in [6.07, 6.45) is 27.1. The van der Waals surface area contributed by atoms with Crippen molar-refractivity contribution in [3.63, 3.8) is 0 Å². The van der Waals surface area contributed by atoms with Gasteiger partial charge in [0.25, 0.3) is 7.82 Å². The Morgan fingerprint density at radius 3 is 2.00 bits per heavy atom. The summed E-state index contributed by atoms with van der Waals surface area (Å²) in [5.74, 6) is -0.682. The van der Waals surface area contributed by atoms with E-state index in [4.69, 9.17) is 9.26 Å². The van der Waals surface area contributed by atoms with E-state index in [1.54, 1.807) is 18.2 Å². The molecule has 0 aliphatic rings. The Balaban J connectivity index is 3.99. The molecule has 0 fully saturated rings. The summed E-state index contributed by atoms with van der Waals surface area (Å²) < 4.78 is 26.4. The van der Waals surface area contributed by atoms with Crippen LogP contribution in [0.25, 0.3) is 0 Å². The number of phosphoric acid groups is 1. The van der Waals surface area contributed by atoms with Gasteiger partial charge in [0.05, 0.1) is 33.9 Å². The maximum atomic E-state index is 11.7. The molecule has 0 heterocycles. The molecule has 0 bridgehead atoms. The number of aliphatic hydroxyl groups is 2. The third kappa shape index (κ3) is 27.5. The van der Waals surface area contributed by atoms with Crippen molar-refractivity contribution in [2.45, 2.75) is 64.1 Å². The molecule has 2 unspecified atom stereocenters. The van der Waals surface area contributed by atoms with Crippen LogP contribution in [0.15, 0.2) is 72.9 Å². The van der Waals surface area contributed by atoms with Crippen LogP contribution in [0.1, 0.15) is 51.9 Å². The lowest BCUT2D eigenvalue weighted by Crippen LogP contribution is -2.37. The van der Waals surface area contributed by atoms with Crippen LogP contribution in [-0.4, -0.2) is 80.4 Å². The van der Waals surface area contributed by atoms with Crippen LogP contribution < -0.4 is 4.89 Å². The van der Waals surface area contributed by atoms with Crippen LogP contribution in [0.2, 0.25) is 0 Å². The molecule has 0 spiro atoms. The van der Waals surface area contributed by atoms with Crippen LogP contribution in [-0.2, 0) is 23.1 Å². The van der Waals surface area contributed by atoms with E-state index < -0.39 is 33.1 Å². The zero-order valence-electron chi connectivity index (χ0n) is 24.6. The van der Waals surface area contributed by atoms with E-state index in [-0.39, 0.29) is 12.7 Å². The molecule has 0 aliphatic heterocycles. The Morgan fingerprint density at radius 1 is 0.825 bits per heavy atom. The molecule has 228 valence electrons. The average Bonchev–Trinajstić information content (AvgIpc) is 2.87. The third-order valence-electron chi connectivity index (χ3n) is 5.27. The Labute approximate surface area is 241 Å². The number of nitrogens with zero attached hydrogens (tertiary/aromatic N) is 1. The molecule has 0 saturated carbocycles. The summed E-state index contributed by atoms with van der Waals surface area (Å²) in [5.41, 5.74) is 0. The number of carbonyl (C=O) groups is 1.